The first kappa shape index (κ1) is 52.6. The second kappa shape index (κ2) is 21.7. The van der Waals surface area contributed by atoms with Crippen LogP contribution in [0.25, 0.3) is 97.3 Å². The second-order valence-electron chi connectivity index (χ2n) is 23.5. The van der Waals surface area contributed by atoms with Gasteiger partial charge in [-0.2, -0.15) is 0 Å². The van der Waals surface area contributed by atoms with E-state index in [1.807, 2.05) is 49.1 Å². The molecule has 0 unspecified atom stereocenters. The highest BCUT2D eigenvalue weighted by Crippen LogP contribution is 2.52. The van der Waals surface area contributed by atoms with E-state index in [0.29, 0.717) is 0 Å². The van der Waals surface area contributed by atoms with Gasteiger partial charge in [0.25, 0.3) is 0 Å². The van der Waals surface area contributed by atoms with Gasteiger partial charge in [0.15, 0.2) is 0 Å². The Bertz CT molecular complexity index is 5740. The Morgan fingerprint density at radius 3 is 0.946 bits per heavy atom. The molecular weight excluding hydrogens is 1120 g/mol. The Kier molecular flexibility index (Phi) is 12.4. The number of anilines is 12. The Labute approximate surface area is 530 Å². The quantitative estimate of drug-likeness (QED) is 0.106. The van der Waals surface area contributed by atoms with Gasteiger partial charge >= 0.3 is 0 Å². The Hall–Kier alpha value is -12.5. The van der Waals surface area contributed by atoms with Crippen LogP contribution in [0.3, 0.4) is 0 Å². The van der Waals surface area contributed by atoms with E-state index in [9.17, 15) is 0 Å². The van der Waals surface area contributed by atoms with E-state index in [2.05, 4.69) is 299 Å². The molecule has 8 heteroatoms. The van der Waals surface area contributed by atoms with Crippen molar-refractivity contribution in [2.24, 2.45) is 0 Å². The van der Waals surface area contributed by atoms with Crippen LogP contribution in [0.1, 0.15) is 0 Å². The number of rotatable bonds is 13. The molecule has 0 N–H and O–H groups in total. The predicted octanol–water partition coefficient (Wildman–Crippen LogP) is 22.9. The summed E-state index contributed by atoms with van der Waals surface area (Å²) in [5, 5.41) is 18.6. The summed E-state index contributed by atoms with van der Waals surface area (Å²) in [4.78, 5) is 29.4. The maximum atomic E-state index is 5.33. The molecule has 92 heavy (non-hydrogen) atoms. The second-order valence-corrected chi connectivity index (χ2v) is 23.5. The van der Waals surface area contributed by atoms with Crippen LogP contribution in [0.5, 0.6) is 0 Å². The van der Waals surface area contributed by atoms with E-state index in [1.165, 1.54) is 32.3 Å². The van der Waals surface area contributed by atoms with Crippen LogP contribution in [-0.2, 0) is 0 Å². The first-order chi connectivity index (χ1) is 45.6. The van der Waals surface area contributed by atoms with Crippen molar-refractivity contribution in [3.63, 3.8) is 0 Å². The SMILES string of the molecule is c1ccc(N(c2ccccn2)c2cc3cccc4c(N(c5ccccc5)c5ccc(-c6ccc7cc(N(c8ccccn8)c8cc9cccc%10c(N(c%11ccc%12ccccc%12c%11)c%11ccccn%11)cc%11cccc8c%11c9%10)ccc7c6)cn5)cc5cccc2c5c34)cc1. The van der Waals surface area contributed by atoms with Gasteiger partial charge in [-0.3, -0.25) is 19.6 Å². The van der Waals surface area contributed by atoms with E-state index in [4.69, 9.17) is 19.9 Å². The Morgan fingerprint density at radius 2 is 0.533 bits per heavy atom. The number of aromatic nitrogens is 4. The fourth-order valence-electron chi connectivity index (χ4n) is 14.1. The van der Waals surface area contributed by atoms with Crippen LogP contribution in [0.2, 0.25) is 0 Å². The van der Waals surface area contributed by atoms with Crippen LogP contribution < -0.4 is 19.6 Å². The van der Waals surface area contributed by atoms with Crippen LogP contribution in [0.4, 0.5) is 68.8 Å². The number of fused-ring (bicyclic) bond motifs is 2. The summed E-state index contributed by atoms with van der Waals surface area (Å²) < 4.78 is 0. The molecule has 18 rings (SSSR count). The number of para-hydroxylation sites is 2. The molecule has 430 valence electrons. The number of hydrogen-bond acceptors (Lipinski definition) is 8. The third-order valence-electron chi connectivity index (χ3n) is 18.2. The summed E-state index contributed by atoms with van der Waals surface area (Å²) in [6.07, 6.45) is 7.63. The minimum Gasteiger partial charge on any atom is -0.294 e. The molecule has 4 heterocycles. The van der Waals surface area contributed by atoms with E-state index >= 15 is 0 Å². The van der Waals surface area contributed by atoms with E-state index in [0.717, 1.165) is 134 Å². The Balaban J connectivity index is 0.713. The molecule has 0 saturated carbocycles. The molecule has 18 aromatic rings. The van der Waals surface area contributed by atoms with Gasteiger partial charge in [-0.1, -0.05) is 176 Å². The van der Waals surface area contributed by atoms with Gasteiger partial charge in [0.2, 0.25) is 0 Å². The highest BCUT2D eigenvalue weighted by molar-refractivity contribution is 6.31. The van der Waals surface area contributed by atoms with Gasteiger partial charge in [0, 0.05) is 74.6 Å². The molecule has 8 nitrogen and oxygen atoms in total. The van der Waals surface area contributed by atoms with Gasteiger partial charge in [-0.15, -0.1) is 0 Å². The zero-order chi connectivity index (χ0) is 60.6. The molecule has 4 aromatic heterocycles. The first-order valence-electron chi connectivity index (χ1n) is 31.1. The normalized spacial score (nSPS) is 11.7. The largest absolute Gasteiger partial charge is 0.294 e. The molecular formula is C84H54N8. The molecule has 0 spiro atoms. The summed E-state index contributed by atoms with van der Waals surface area (Å²) in [5.74, 6) is 3.36. The van der Waals surface area contributed by atoms with Gasteiger partial charge < -0.3 is 0 Å². The average Bonchev–Trinajstić information content (AvgIpc) is 0.747. The van der Waals surface area contributed by atoms with Crippen molar-refractivity contribution >= 4 is 155 Å². The highest BCUT2D eigenvalue weighted by atomic mass is 15.2. The smallest absolute Gasteiger partial charge is 0.137 e. The third-order valence-corrected chi connectivity index (χ3v) is 18.2. The lowest BCUT2D eigenvalue weighted by atomic mass is 9.91. The summed E-state index contributed by atoms with van der Waals surface area (Å²) in [7, 11) is 0. The standard InChI is InChI=1S/C84H54N8/c1-3-25-65(26-4-1)89(77-33-9-12-44-85-77)73-50-60-21-16-30-70-74(51-61-22-15-29-69(73)81(61)82(60)70)90(66-27-5-2-6-28-66)80-43-40-64(54-88-80)58-36-37-59-49-68(42-39-57(59)47-58)92(79-35-11-14-46-87-79)76-53-63-24-17-31-71-75(52-62-23-18-32-72(76)84(62)83(63)71)91(78-34-10-13-45-86-78)67-41-38-55-19-7-8-20-56(55)48-67/h1-54H. The molecule has 0 amide bonds. The Morgan fingerprint density at radius 1 is 0.196 bits per heavy atom. The first-order valence-corrected chi connectivity index (χ1v) is 31.1. The molecule has 0 aliphatic heterocycles. The van der Waals surface area contributed by atoms with Crippen molar-refractivity contribution in [1.29, 1.82) is 0 Å². The van der Waals surface area contributed by atoms with Gasteiger partial charge in [-0.05, 0) is 198 Å². The van der Waals surface area contributed by atoms with Crippen molar-refractivity contribution in [2.45, 2.75) is 0 Å². The van der Waals surface area contributed by atoms with Crippen molar-refractivity contribution in [3.05, 3.63) is 328 Å². The predicted molar refractivity (Wildman–Crippen MR) is 384 cm³/mol. The minimum atomic E-state index is 0.820. The van der Waals surface area contributed by atoms with Crippen molar-refractivity contribution < 1.29 is 0 Å². The lowest BCUT2D eigenvalue weighted by Gasteiger charge is -2.29. The van der Waals surface area contributed by atoms with Crippen LogP contribution in [0, 0.1) is 0 Å². The summed E-state index contributed by atoms with van der Waals surface area (Å²) in [6.45, 7) is 0. The molecule has 0 atom stereocenters. The minimum absolute atomic E-state index is 0.820. The fraction of sp³-hybridized carbons (Fsp3) is 0. The van der Waals surface area contributed by atoms with E-state index in [-0.39, 0.29) is 0 Å². The lowest BCUT2D eigenvalue weighted by Crippen LogP contribution is -2.13. The van der Waals surface area contributed by atoms with Gasteiger partial charge in [0.1, 0.15) is 23.3 Å². The summed E-state index contributed by atoms with van der Waals surface area (Å²) in [5.41, 5.74) is 10.5. The molecule has 0 bridgehead atoms. The van der Waals surface area contributed by atoms with Gasteiger partial charge in [0.05, 0.1) is 22.7 Å². The molecule has 0 fully saturated rings. The zero-order valence-corrected chi connectivity index (χ0v) is 49.8. The molecule has 14 aromatic carbocycles. The van der Waals surface area contributed by atoms with Crippen LogP contribution in [-0.4, -0.2) is 19.9 Å². The van der Waals surface area contributed by atoms with E-state index in [1.54, 1.807) is 0 Å². The summed E-state index contributed by atoms with van der Waals surface area (Å²) in [6, 6.07) is 109. The van der Waals surface area contributed by atoms with Crippen molar-refractivity contribution in [3.8, 4) is 11.1 Å². The average molecular weight is 1180 g/mol. The topological polar surface area (TPSA) is 64.5 Å². The molecule has 0 saturated heterocycles. The lowest BCUT2D eigenvalue weighted by molar-refractivity contribution is 1.19. The third kappa shape index (κ3) is 8.76. The summed E-state index contributed by atoms with van der Waals surface area (Å²) >= 11 is 0. The maximum absolute atomic E-state index is 5.33. The van der Waals surface area contributed by atoms with Crippen molar-refractivity contribution in [1.82, 2.24) is 19.9 Å². The maximum Gasteiger partial charge on any atom is 0.137 e. The number of pyridine rings is 4. The zero-order valence-electron chi connectivity index (χ0n) is 49.8. The van der Waals surface area contributed by atoms with Crippen LogP contribution >= 0.6 is 0 Å². The van der Waals surface area contributed by atoms with Crippen molar-refractivity contribution in [2.75, 3.05) is 19.6 Å². The molecule has 0 aliphatic rings. The highest BCUT2D eigenvalue weighted by Gasteiger charge is 2.27. The number of benzene rings is 14. The monoisotopic (exact) mass is 1170 g/mol. The fourth-order valence-corrected chi connectivity index (χ4v) is 14.1. The number of hydrogen-bond donors (Lipinski definition) is 0. The molecule has 0 aliphatic carbocycles. The van der Waals surface area contributed by atoms with Gasteiger partial charge in [-0.25, -0.2) is 19.9 Å². The molecule has 0 radical (unpaired) electrons. The van der Waals surface area contributed by atoms with E-state index < -0.39 is 0 Å². The van der Waals surface area contributed by atoms with Crippen LogP contribution in [0.15, 0.2) is 328 Å². The number of nitrogens with zero attached hydrogens (tertiary/aromatic N) is 8.